The van der Waals surface area contributed by atoms with Crippen molar-refractivity contribution >= 4 is 15.1 Å². The van der Waals surface area contributed by atoms with Crippen molar-refractivity contribution in [3.8, 4) is 0 Å². The van der Waals surface area contributed by atoms with Crippen molar-refractivity contribution in [2.45, 2.75) is 0 Å². The fourth-order valence-corrected chi connectivity index (χ4v) is 0.795. The molecule has 0 radical (unpaired) electrons. The Kier molecular flexibility index (Phi) is 2.17. The van der Waals surface area contributed by atoms with E-state index in [9.17, 15) is 5.21 Å². The molecule has 0 bridgehead atoms. The molecule has 0 saturated carbocycles. The molecule has 48 valence electrons. The molecule has 0 saturated heterocycles. The molecule has 1 aromatic rings. The van der Waals surface area contributed by atoms with Crippen molar-refractivity contribution in [2.24, 2.45) is 0 Å². The van der Waals surface area contributed by atoms with E-state index in [-0.39, 0.29) is 4.83 Å². The van der Waals surface area contributed by atoms with E-state index in [1.807, 2.05) is 18.2 Å². The molecular weight excluding hydrogens is 133 g/mol. The van der Waals surface area contributed by atoms with Gasteiger partial charge in [0.2, 0.25) is 0 Å². The molecule has 9 heavy (non-hydrogen) atoms. The smallest absolute Gasteiger partial charge is 0.131 e. The summed E-state index contributed by atoms with van der Waals surface area (Å²) in [4.78, 5) is 0.0376. The van der Waals surface area contributed by atoms with Crippen LogP contribution >= 0.6 is 9.39 Å². The maximum absolute atomic E-state index is 10.6. The van der Waals surface area contributed by atoms with Gasteiger partial charge in [0.05, 0.1) is 9.39 Å². The summed E-state index contributed by atoms with van der Waals surface area (Å²) in [6.45, 7) is 0. The van der Waals surface area contributed by atoms with Crippen molar-refractivity contribution < 1.29 is 4.83 Å². The SMILES string of the molecule is [O-][NH+](P)c1ccccc1. The van der Waals surface area contributed by atoms with E-state index in [0.29, 0.717) is 0 Å². The van der Waals surface area contributed by atoms with Crippen molar-refractivity contribution in [1.82, 2.24) is 0 Å². The Labute approximate surface area is 56.3 Å². The average molecular weight is 141 g/mol. The van der Waals surface area contributed by atoms with Gasteiger partial charge in [-0.15, -0.1) is 0 Å². The summed E-state index contributed by atoms with van der Waals surface area (Å²) in [6.07, 6.45) is 0. The molecule has 1 N–H and O–H groups in total. The van der Waals surface area contributed by atoms with Gasteiger partial charge in [-0.25, -0.2) is 0 Å². The maximum Gasteiger partial charge on any atom is 0.131 e. The van der Waals surface area contributed by atoms with Gasteiger partial charge in [0, 0.05) is 0 Å². The van der Waals surface area contributed by atoms with Gasteiger partial charge in [-0.1, -0.05) is 18.2 Å². The first-order chi connectivity index (χ1) is 4.30. The molecule has 0 heterocycles. The Morgan fingerprint density at radius 1 is 1.22 bits per heavy atom. The minimum absolute atomic E-state index is 0.0376. The Balaban J connectivity index is 2.85. The Morgan fingerprint density at radius 2 is 1.78 bits per heavy atom. The van der Waals surface area contributed by atoms with Crippen LogP contribution in [0, 0.1) is 5.21 Å². The summed E-state index contributed by atoms with van der Waals surface area (Å²) in [5, 5.41) is 10.6. The lowest BCUT2D eigenvalue weighted by Crippen LogP contribution is -2.90. The highest BCUT2D eigenvalue weighted by Gasteiger charge is 1.90. The van der Waals surface area contributed by atoms with E-state index < -0.39 is 0 Å². The molecule has 1 aromatic carbocycles. The van der Waals surface area contributed by atoms with E-state index in [1.54, 1.807) is 12.1 Å². The summed E-state index contributed by atoms with van der Waals surface area (Å²) < 4.78 is 0. The van der Waals surface area contributed by atoms with Crippen molar-refractivity contribution in [3.63, 3.8) is 0 Å². The molecule has 2 nitrogen and oxygen atoms in total. The third-order valence-electron chi connectivity index (χ3n) is 1.06. The van der Waals surface area contributed by atoms with E-state index >= 15 is 0 Å². The van der Waals surface area contributed by atoms with Gasteiger partial charge in [-0.05, 0) is 12.1 Å². The molecule has 3 heteroatoms. The first kappa shape index (κ1) is 6.69. The standard InChI is InChI=1S/C6H8NOP/c8-7(9)6-4-2-1-3-5-6/h1-5,7H,9H2. The van der Waals surface area contributed by atoms with Crippen molar-refractivity contribution in [1.29, 1.82) is 0 Å². The predicted octanol–water partition coefficient (Wildman–Crippen LogP) is 0.491. The lowest BCUT2D eigenvalue weighted by molar-refractivity contribution is -0.615. The van der Waals surface area contributed by atoms with Gasteiger partial charge < -0.3 is 10.0 Å². The summed E-state index contributed by atoms with van der Waals surface area (Å²) in [7, 11) is 2.13. The third-order valence-corrected chi connectivity index (χ3v) is 1.39. The zero-order valence-electron chi connectivity index (χ0n) is 4.87. The van der Waals surface area contributed by atoms with Crippen LogP contribution in [0.15, 0.2) is 30.3 Å². The Bertz CT molecular complexity index is 176. The fraction of sp³-hybridized carbons (Fsp3) is 0. The summed E-state index contributed by atoms with van der Waals surface area (Å²) >= 11 is 0. The zero-order chi connectivity index (χ0) is 6.69. The number of rotatable bonds is 1. The average Bonchev–Trinajstić information content (AvgIpc) is 1.90. The highest BCUT2D eigenvalue weighted by Crippen LogP contribution is 1.98. The molecule has 1 rings (SSSR count). The van der Waals surface area contributed by atoms with Crippen LogP contribution in [0.3, 0.4) is 0 Å². The molecule has 0 spiro atoms. The lowest BCUT2D eigenvalue weighted by atomic mass is 10.3. The fourth-order valence-electron chi connectivity index (χ4n) is 0.602. The molecule has 2 unspecified atom stereocenters. The summed E-state index contributed by atoms with van der Waals surface area (Å²) in [5.41, 5.74) is 0.738. The van der Waals surface area contributed by atoms with Crippen LogP contribution in [0.4, 0.5) is 5.69 Å². The minimum atomic E-state index is 0.0376. The monoisotopic (exact) mass is 141 g/mol. The highest BCUT2D eigenvalue weighted by atomic mass is 31.0. The van der Waals surface area contributed by atoms with Crippen LogP contribution in [-0.4, -0.2) is 0 Å². The normalized spacial score (nSPS) is 13.1. The first-order valence-electron chi connectivity index (χ1n) is 2.65. The van der Waals surface area contributed by atoms with E-state index in [4.69, 9.17) is 0 Å². The molecule has 0 fully saturated rings. The molecule has 0 aromatic heterocycles. The van der Waals surface area contributed by atoms with Gasteiger partial charge in [0.25, 0.3) is 0 Å². The van der Waals surface area contributed by atoms with Crippen LogP contribution in [-0.2, 0) is 0 Å². The van der Waals surface area contributed by atoms with Crippen molar-refractivity contribution in [2.75, 3.05) is 0 Å². The summed E-state index contributed by atoms with van der Waals surface area (Å²) in [6, 6.07) is 9.15. The molecule has 0 aliphatic rings. The van der Waals surface area contributed by atoms with Gasteiger partial charge >= 0.3 is 0 Å². The van der Waals surface area contributed by atoms with E-state index in [0.717, 1.165) is 5.69 Å². The number of hydrogen-bond acceptors (Lipinski definition) is 1. The lowest BCUT2D eigenvalue weighted by Gasteiger charge is -2.13. The Hall–Kier alpha value is -0.430. The zero-order valence-corrected chi connectivity index (χ0v) is 6.03. The summed E-state index contributed by atoms with van der Waals surface area (Å²) in [5.74, 6) is 0. The molecule has 0 aliphatic heterocycles. The minimum Gasteiger partial charge on any atom is -0.628 e. The molecule has 0 aliphatic carbocycles. The van der Waals surface area contributed by atoms with Crippen LogP contribution < -0.4 is 4.83 Å². The number of quaternary nitrogens is 1. The molecular formula is C6H8NOP. The largest absolute Gasteiger partial charge is 0.628 e. The maximum atomic E-state index is 10.6. The highest BCUT2D eigenvalue weighted by molar-refractivity contribution is 7.08. The number of hydrogen-bond donors (Lipinski definition) is 1. The van der Waals surface area contributed by atoms with E-state index in [2.05, 4.69) is 9.39 Å². The number of benzene rings is 1. The van der Waals surface area contributed by atoms with Crippen molar-refractivity contribution in [3.05, 3.63) is 35.5 Å². The topological polar surface area (TPSA) is 27.5 Å². The van der Waals surface area contributed by atoms with Gasteiger partial charge in [-0.2, -0.15) is 0 Å². The van der Waals surface area contributed by atoms with Gasteiger partial charge in [-0.3, -0.25) is 0 Å². The van der Waals surface area contributed by atoms with Crippen LogP contribution in [0.2, 0.25) is 0 Å². The van der Waals surface area contributed by atoms with E-state index in [1.165, 1.54) is 0 Å². The van der Waals surface area contributed by atoms with Crippen LogP contribution in [0.1, 0.15) is 0 Å². The van der Waals surface area contributed by atoms with Crippen LogP contribution in [0.25, 0.3) is 0 Å². The van der Waals surface area contributed by atoms with Gasteiger partial charge in [0.15, 0.2) is 0 Å². The molecule has 2 atom stereocenters. The number of nitrogens with one attached hydrogen (secondary N) is 1. The third kappa shape index (κ3) is 1.75. The Morgan fingerprint density at radius 3 is 2.11 bits per heavy atom. The van der Waals surface area contributed by atoms with Crippen LogP contribution in [0.5, 0.6) is 0 Å². The predicted molar refractivity (Wildman–Crippen MR) is 40.1 cm³/mol. The molecule has 0 amide bonds. The second kappa shape index (κ2) is 2.92. The van der Waals surface area contributed by atoms with Gasteiger partial charge in [0.1, 0.15) is 5.69 Å². The second-order valence-electron chi connectivity index (χ2n) is 1.73. The first-order valence-corrected chi connectivity index (χ1v) is 3.23. The quantitative estimate of drug-likeness (QED) is 0.447. The second-order valence-corrected chi connectivity index (χ2v) is 2.25.